The predicted molar refractivity (Wildman–Crippen MR) is 94.8 cm³/mol. The van der Waals surface area contributed by atoms with Crippen molar-refractivity contribution in [1.82, 2.24) is 14.5 Å². The second-order valence-corrected chi connectivity index (χ2v) is 6.37. The fourth-order valence-electron chi connectivity index (χ4n) is 2.25. The molecule has 0 saturated heterocycles. The third kappa shape index (κ3) is 4.01. The van der Waals surface area contributed by atoms with Gasteiger partial charge < -0.3 is 4.90 Å². The Morgan fingerprint density at radius 2 is 2.09 bits per heavy atom. The van der Waals surface area contributed by atoms with Crippen molar-refractivity contribution in [3.8, 4) is 0 Å². The van der Waals surface area contributed by atoms with Crippen molar-refractivity contribution in [3.05, 3.63) is 46.8 Å². The van der Waals surface area contributed by atoms with Gasteiger partial charge in [-0.05, 0) is 26.0 Å². The highest BCUT2D eigenvalue weighted by atomic mass is 32.2. The summed E-state index contributed by atoms with van der Waals surface area (Å²) in [5, 5.41) is 1.14. The van der Waals surface area contributed by atoms with Gasteiger partial charge >= 0.3 is 0 Å². The molecule has 0 atom stereocenters. The Labute approximate surface area is 140 Å². The van der Waals surface area contributed by atoms with Crippen molar-refractivity contribution in [2.24, 2.45) is 7.05 Å². The van der Waals surface area contributed by atoms with Gasteiger partial charge in [0.1, 0.15) is 0 Å². The summed E-state index contributed by atoms with van der Waals surface area (Å²) in [7, 11) is 1.68. The highest BCUT2D eigenvalue weighted by Crippen LogP contribution is 2.17. The third-order valence-corrected chi connectivity index (χ3v) is 4.48. The van der Waals surface area contributed by atoms with Crippen LogP contribution in [0.25, 0.3) is 10.9 Å². The predicted octanol–water partition coefficient (Wildman–Crippen LogP) is 2.45. The SMILES string of the molecule is C=C(C)CN(CC)C(=O)CSc1nc2ccccc2c(=O)n1C. The lowest BCUT2D eigenvalue weighted by Gasteiger charge is -2.20. The van der Waals surface area contributed by atoms with Crippen molar-refractivity contribution in [1.29, 1.82) is 0 Å². The molecule has 0 spiro atoms. The van der Waals surface area contributed by atoms with Gasteiger partial charge in [-0.3, -0.25) is 14.2 Å². The fraction of sp³-hybridized carbons (Fsp3) is 0.353. The Balaban J connectivity index is 2.19. The maximum absolute atomic E-state index is 12.3. The summed E-state index contributed by atoms with van der Waals surface area (Å²) in [6.07, 6.45) is 0. The number of likely N-dealkylation sites (N-methyl/N-ethyl adjacent to an activating group) is 1. The highest BCUT2D eigenvalue weighted by molar-refractivity contribution is 7.99. The van der Waals surface area contributed by atoms with E-state index in [0.29, 0.717) is 29.1 Å². The summed E-state index contributed by atoms with van der Waals surface area (Å²) in [4.78, 5) is 30.9. The molecule has 0 aliphatic rings. The van der Waals surface area contributed by atoms with Gasteiger partial charge in [-0.1, -0.05) is 36.0 Å². The standard InChI is InChI=1S/C17H21N3O2S/c1-5-20(10-12(2)3)15(21)11-23-17-18-14-9-7-6-8-13(14)16(22)19(17)4/h6-9H,2,5,10-11H2,1,3-4H3. The van der Waals surface area contributed by atoms with Crippen LogP contribution in [-0.4, -0.2) is 39.2 Å². The molecule has 0 saturated carbocycles. The molecule has 0 aliphatic carbocycles. The van der Waals surface area contributed by atoms with Crippen molar-refractivity contribution in [2.45, 2.75) is 19.0 Å². The number of carbonyl (C=O) groups excluding carboxylic acids is 1. The van der Waals surface area contributed by atoms with Gasteiger partial charge in [-0.25, -0.2) is 4.98 Å². The second kappa shape index (κ2) is 7.46. The normalized spacial score (nSPS) is 10.7. The largest absolute Gasteiger partial charge is 0.338 e. The van der Waals surface area contributed by atoms with E-state index in [2.05, 4.69) is 11.6 Å². The van der Waals surface area contributed by atoms with E-state index in [1.807, 2.05) is 32.0 Å². The minimum absolute atomic E-state index is 0.0166. The first-order valence-corrected chi connectivity index (χ1v) is 8.43. The van der Waals surface area contributed by atoms with Crippen LogP contribution in [0.5, 0.6) is 0 Å². The first-order chi connectivity index (χ1) is 10.9. The van der Waals surface area contributed by atoms with E-state index in [1.165, 1.54) is 16.3 Å². The van der Waals surface area contributed by atoms with Gasteiger partial charge in [0.05, 0.1) is 16.7 Å². The quantitative estimate of drug-likeness (QED) is 0.463. The molecule has 1 amide bonds. The number of hydrogen-bond acceptors (Lipinski definition) is 4. The van der Waals surface area contributed by atoms with Crippen LogP contribution in [0.1, 0.15) is 13.8 Å². The van der Waals surface area contributed by atoms with Gasteiger partial charge in [-0.2, -0.15) is 0 Å². The van der Waals surface area contributed by atoms with Crippen LogP contribution in [0.3, 0.4) is 0 Å². The summed E-state index contributed by atoms with van der Waals surface area (Å²) < 4.78 is 1.50. The molecule has 1 heterocycles. The molecule has 1 aromatic carbocycles. The molecule has 0 bridgehead atoms. The molecule has 0 unspecified atom stereocenters. The molecule has 0 fully saturated rings. The van der Waals surface area contributed by atoms with E-state index in [1.54, 1.807) is 18.0 Å². The van der Waals surface area contributed by atoms with Crippen LogP contribution in [0, 0.1) is 0 Å². The van der Waals surface area contributed by atoms with E-state index >= 15 is 0 Å². The zero-order chi connectivity index (χ0) is 17.0. The third-order valence-electron chi connectivity index (χ3n) is 3.46. The Morgan fingerprint density at radius 1 is 1.39 bits per heavy atom. The molecule has 0 aliphatic heterocycles. The number of amides is 1. The molecular weight excluding hydrogens is 310 g/mol. The van der Waals surface area contributed by atoms with Crippen molar-refractivity contribution in [3.63, 3.8) is 0 Å². The lowest BCUT2D eigenvalue weighted by molar-refractivity contribution is -0.127. The number of rotatable bonds is 6. The summed E-state index contributed by atoms with van der Waals surface area (Å²) in [5.41, 5.74) is 1.50. The molecule has 23 heavy (non-hydrogen) atoms. The van der Waals surface area contributed by atoms with E-state index in [4.69, 9.17) is 0 Å². The zero-order valence-electron chi connectivity index (χ0n) is 13.7. The topological polar surface area (TPSA) is 55.2 Å². The molecule has 2 aromatic rings. The number of para-hydroxylation sites is 1. The van der Waals surface area contributed by atoms with Gasteiger partial charge in [0.15, 0.2) is 5.16 Å². The average Bonchev–Trinajstić information content (AvgIpc) is 2.54. The second-order valence-electron chi connectivity index (χ2n) is 5.43. The van der Waals surface area contributed by atoms with Crippen LogP contribution < -0.4 is 5.56 Å². The number of nitrogens with zero attached hydrogens (tertiary/aromatic N) is 3. The Hall–Kier alpha value is -2.08. The van der Waals surface area contributed by atoms with Gasteiger partial charge in [0.25, 0.3) is 5.56 Å². The fourth-order valence-corrected chi connectivity index (χ4v) is 3.12. The number of thioether (sulfide) groups is 1. The first kappa shape index (κ1) is 17.3. The molecule has 0 radical (unpaired) electrons. The van der Waals surface area contributed by atoms with Crippen LogP contribution in [0.15, 0.2) is 46.4 Å². The number of fused-ring (bicyclic) bond motifs is 1. The maximum Gasteiger partial charge on any atom is 0.261 e. The Bertz CT molecular complexity index is 798. The Kier molecular flexibility index (Phi) is 5.60. The lowest BCUT2D eigenvalue weighted by Crippen LogP contribution is -2.33. The average molecular weight is 331 g/mol. The summed E-state index contributed by atoms with van der Waals surface area (Å²) in [5.74, 6) is 0.266. The minimum Gasteiger partial charge on any atom is -0.338 e. The minimum atomic E-state index is -0.0974. The van der Waals surface area contributed by atoms with Gasteiger partial charge in [0, 0.05) is 20.1 Å². The summed E-state index contributed by atoms with van der Waals surface area (Å²) in [6, 6.07) is 7.23. The first-order valence-electron chi connectivity index (χ1n) is 7.44. The smallest absolute Gasteiger partial charge is 0.261 e. The van der Waals surface area contributed by atoms with Crippen LogP contribution in [-0.2, 0) is 11.8 Å². The molecule has 6 heteroatoms. The summed E-state index contributed by atoms with van der Waals surface area (Å²) >= 11 is 1.29. The molecule has 0 N–H and O–H groups in total. The van der Waals surface area contributed by atoms with E-state index < -0.39 is 0 Å². The van der Waals surface area contributed by atoms with E-state index in [9.17, 15) is 9.59 Å². The summed E-state index contributed by atoms with van der Waals surface area (Å²) in [6.45, 7) is 8.88. The van der Waals surface area contributed by atoms with Crippen LogP contribution >= 0.6 is 11.8 Å². The van der Waals surface area contributed by atoms with Crippen LogP contribution in [0.2, 0.25) is 0 Å². The highest BCUT2D eigenvalue weighted by Gasteiger charge is 2.14. The van der Waals surface area contributed by atoms with Gasteiger partial charge in [-0.15, -0.1) is 0 Å². The Morgan fingerprint density at radius 3 is 2.74 bits per heavy atom. The monoisotopic (exact) mass is 331 g/mol. The number of benzene rings is 1. The van der Waals surface area contributed by atoms with E-state index in [0.717, 1.165) is 5.57 Å². The van der Waals surface area contributed by atoms with Crippen molar-refractivity contribution in [2.75, 3.05) is 18.8 Å². The van der Waals surface area contributed by atoms with Crippen molar-refractivity contribution < 1.29 is 4.79 Å². The number of hydrogen-bond donors (Lipinski definition) is 0. The lowest BCUT2D eigenvalue weighted by atomic mass is 10.2. The van der Waals surface area contributed by atoms with Crippen LogP contribution in [0.4, 0.5) is 0 Å². The molecule has 2 rings (SSSR count). The maximum atomic E-state index is 12.3. The molecule has 1 aromatic heterocycles. The van der Waals surface area contributed by atoms with E-state index in [-0.39, 0.29) is 17.2 Å². The number of aromatic nitrogens is 2. The number of carbonyl (C=O) groups is 1. The van der Waals surface area contributed by atoms with Crippen molar-refractivity contribution >= 4 is 28.6 Å². The zero-order valence-corrected chi connectivity index (χ0v) is 14.5. The molecule has 5 nitrogen and oxygen atoms in total. The van der Waals surface area contributed by atoms with Gasteiger partial charge in [0.2, 0.25) is 5.91 Å². The molecule has 122 valence electrons. The molecular formula is C17H21N3O2S.